The van der Waals surface area contributed by atoms with Gasteiger partial charge in [0.1, 0.15) is 11.4 Å². The Labute approximate surface area is 236 Å². The van der Waals surface area contributed by atoms with E-state index in [0.717, 1.165) is 31.3 Å². The minimum Gasteiger partial charge on any atom is -0.521 e. The molecule has 3 fully saturated rings. The van der Waals surface area contributed by atoms with Gasteiger partial charge in [-0.25, -0.2) is 4.85 Å². The largest absolute Gasteiger partial charge is 0.521 e. The minimum absolute atomic E-state index is 0.0259. The molecule has 1 amide bonds. The Morgan fingerprint density at radius 2 is 1.75 bits per heavy atom. The Balaban J connectivity index is 1.59. The monoisotopic (exact) mass is 558 g/mol. The number of allylic oxidation sites excluding steroid dienone is 3. The molecule has 0 heterocycles. The van der Waals surface area contributed by atoms with Gasteiger partial charge >= 0.3 is 5.92 Å². The van der Waals surface area contributed by atoms with Crippen LogP contribution in [0.25, 0.3) is 4.85 Å². The maximum atomic E-state index is 14.3. The number of ketones is 1. The zero-order chi connectivity index (χ0) is 29.8. The summed E-state index contributed by atoms with van der Waals surface area (Å²) < 4.78 is 27.8. The van der Waals surface area contributed by atoms with Crippen LogP contribution in [-0.4, -0.2) is 39.5 Å². The van der Waals surface area contributed by atoms with Crippen molar-refractivity contribution in [2.45, 2.75) is 111 Å². The Hall–Kier alpha value is -2.27. The molecule has 6 nitrogen and oxygen atoms in total. The molecule has 220 valence electrons. The summed E-state index contributed by atoms with van der Waals surface area (Å²) >= 11 is 0. The summed E-state index contributed by atoms with van der Waals surface area (Å²) in [6.45, 7) is 20.5. The first kappa shape index (κ1) is 29.2. The van der Waals surface area contributed by atoms with E-state index in [4.69, 9.17) is 6.57 Å². The van der Waals surface area contributed by atoms with E-state index in [2.05, 4.69) is 37.9 Å². The third-order valence-electron chi connectivity index (χ3n) is 12.3. The van der Waals surface area contributed by atoms with Gasteiger partial charge in [0.15, 0.2) is 5.78 Å². The first-order valence-electron chi connectivity index (χ1n) is 14.7. The molecule has 0 saturated heterocycles. The number of carbonyl (C=O) groups excluding carboxylic acids is 2. The van der Waals surface area contributed by atoms with Crippen LogP contribution in [0.4, 0.5) is 8.78 Å². The second-order valence-electron chi connectivity index (χ2n) is 15.3. The molecule has 8 heteroatoms. The summed E-state index contributed by atoms with van der Waals surface area (Å²) in [5.74, 6) is -5.71. The summed E-state index contributed by atoms with van der Waals surface area (Å²) in [6, 6.07) is -0.418. The van der Waals surface area contributed by atoms with Gasteiger partial charge in [0.25, 0.3) is 5.91 Å². The van der Waals surface area contributed by atoms with Crippen molar-refractivity contribution in [2.24, 2.45) is 45.3 Å². The highest BCUT2D eigenvalue weighted by molar-refractivity contribution is 5.95. The van der Waals surface area contributed by atoms with Crippen LogP contribution in [-0.2, 0) is 9.59 Å². The van der Waals surface area contributed by atoms with E-state index in [1.165, 1.54) is 0 Å². The second kappa shape index (κ2) is 8.63. The number of carbonyl (C=O) groups is 2. The SMILES string of the molecule is [C-]#[N+]C1=C(O)[C@@](C)(O)[C@@H]2CC[C@]3(C)C(=CC(=O)[C@@H]4[C@@H]5CC(C)(C)C[C@@H](NC(=O)C(C)(F)F)C5CC[C@]43C)[C@@]2(C)C1. The summed E-state index contributed by atoms with van der Waals surface area (Å²) in [4.78, 5) is 30.3. The van der Waals surface area contributed by atoms with Crippen LogP contribution in [0.2, 0.25) is 0 Å². The first-order valence-corrected chi connectivity index (χ1v) is 14.7. The molecule has 9 atom stereocenters. The van der Waals surface area contributed by atoms with Gasteiger partial charge in [-0.2, -0.15) is 8.78 Å². The van der Waals surface area contributed by atoms with Gasteiger partial charge < -0.3 is 15.5 Å². The van der Waals surface area contributed by atoms with Crippen molar-refractivity contribution in [2.75, 3.05) is 0 Å². The van der Waals surface area contributed by atoms with Gasteiger partial charge in [-0.3, -0.25) is 9.59 Å². The van der Waals surface area contributed by atoms with Crippen molar-refractivity contribution >= 4 is 11.7 Å². The lowest BCUT2D eigenvalue weighted by Crippen LogP contribution is -2.65. The van der Waals surface area contributed by atoms with Crippen LogP contribution in [0.3, 0.4) is 0 Å². The lowest BCUT2D eigenvalue weighted by molar-refractivity contribution is -0.165. The Kier molecular flexibility index (Phi) is 6.30. The van der Waals surface area contributed by atoms with Crippen LogP contribution in [0.15, 0.2) is 23.1 Å². The number of alkyl halides is 2. The molecule has 0 aromatic carbocycles. The van der Waals surface area contributed by atoms with E-state index >= 15 is 0 Å². The van der Waals surface area contributed by atoms with E-state index in [-0.39, 0.29) is 58.2 Å². The molecular formula is C32H44F2N2O4. The Bertz CT molecular complexity index is 1260. The lowest BCUT2D eigenvalue weighted by Gasteiger charge is -2.68. The van der Waals surface area contributed by atoms with Gasteiger partial charge in [0, 0.05) is 24.8 Å². The van der Waals surface area contributed by atoms with E-state index in [0.29, 0.717) is 19.8 Å². The molecule has 40 heavy (non-hydrogen) atoms. The molecule has 0 aromatic heterocycles. The van der Waals surface area contributed by atoms with Crippen LogP contribution < -0.4 is 5.32 Å². The second-order valence-corrected chi connectivity index (χ2v) is 15.3. The highest BCUT2D eigenvalue weighted by Gasteiger charge is 2.69. The van der Waals surface area contributed by atoms with Crippen molar-refractivity contribution < 1.29 is 28.6 Å². The number of halogens is 2. The summed E-state index contributed by atoms with van der Waals surface area (Å²) in [5, 5.41) is 24.9. The molecule has 0 aliphatic heterocycles. The fraction of sp³-hybridized carbons (Fsp3) is 0.781. The van der Waals surface area contributed by atoms with Crippen molar-refractivity contribution in [3.05, 3.63) is 34.5 Å². The fourth-order valence-electron chi connectivity index (χ4n) is 10.3. The van der Waals surface area contributed by atoms with E-state index < -0.39 is 34.3 Å². The maximum Gasteiger partial charge on any atom is 0.321 e. The van der Waals surface area contributed by atoms with E-state index in [9.17, 15) is 28.6 Å². The molecule has 0 radical (unpaired) electrons. The molecule has 3 saturated carbocycles. The molecule has 0 bridgehead atoms. The topological polar surface area (TPSA) is 91.0 Å². The van der Waals surface area contributed by atoms with Crippen LogP contribution in [0.1, 0.15) is 93.4 Å². The van der Waals surface area contributed by atoms with E-state index in [1.54, 1.807) is 13.0 Å². The summed E-state index contributed by atoms with van der Waals surface area (Å²) in [5.41, 5.74) is -2.13. The summed E-state index contributed by atoms with van der Waals surface area (Å²) in [7, 11) is 0. The minimum atomic E-state index is -3.46. The molecular weight excluding hydrogens is 514 g/mol. The van der Waals surface area contributed by atoms with Crippen LogP contribution >= 0.6 is 0 Å². The average Bonchev–Trinajstić information content (AvgIpc) is 2.81. The van der Waals surface area contributed by atoms with Gasteiger partial charge in [-0.1, -0.05) is 40.2 Å². The molecule has 5 aliphatic rings. The fourth-order valence-corrected chi connectivity index (χ4v) is 10.3. The zero-order valence-electron chi connectivity index (χ0n) is 24.8. The predicted molar refractivity (Wildman–Crippen MR) is 147 cm³/mol. The quantitative estimate of drug-likeness (QED) is 0.344. The van der Waals surface area contributed by atoms with Gasteiger partial charge in [-0.15, -0.1) is 0 Å². The number of hydrogen-bond acceptors (Lipinski definition) is 4. The van der Waals surface area contributed by atoms with Gasteiger partial charge in [-0.05, 0) is 91.4 Å². The molecule has 5 aliphatic carbocycles. The van der Waals surface area contributed by atoms with Gasteiger partial charge in [0.05, 0.1) is 6.57 Å². The molecule has 1 unspecified atom stereocenters. The molecule has 3 N–H and O–H groups in total. The normalized spacial score (nSPS) is 46.2. The van der Waals surface area contributed by atoms with E-state index in [1.807, 2.05) is 6.92 Å². The molecule has 5 rings (SSSR count). The summed E-state index contributed by atoms with van der Waals surface area (Å²) in [6.07, 6.45) is 6.28. The zero-order valence-corrected chi connectivity index (χ0v) is 24.8. The Morgan fingerprint density at radius 3 is 2.35 bits per heavy atom. The maximum absolute atomic E-state index is 14.3. The lowest BCUT2D eigenvalue weighted by atomic mass is 9.36. The number of nitrogens with zero attached hydrogens (tertiary/aromatic N) is 1. The first-order chi connectivity index (χ1) is 18.2. The Morgan fingerprint density at radius 1 is 1.10 bits per heavy atom. The molecule has 0 spiro atoms. The number of amides is 1. The number of hydrogen-bond donors (Lipinski definition) is 3. The van der Waals surface area contributed by atoms with Crippen molar-refractivity contribution in [1.29, 1.82) is 0 Å². The number of aliphatic hydroxyl groups excluding tert-OH is 1. The third kappa shape index (κ3) is 3.86. The highest BCUT2D eigenvalue weighted by Crippen LogP contribution is 2.73. The number of nitrogens with one attached hydrogen (secondary N) is 1. The van der Waals surface area contributed by atoms with Crippen LogP contribution in [0.5, 0.6) is 0 Å². The van der Waals surface area contributed by atoms with Crippen molar-refractivity contribution in [3.63, 3.8) is 0 Å². The van der Waals surface area contributed by atoms with Gasteiger partial charge in [0.2, 0.25) is 5.70 Å². The highest BCUT2D eigenvalue weighted by atomic mass is 19.3. The molecule has 0 aromatic rings. The average molecular weight is 559 g/mol. The number of rotatable bonds is 2. The van der Waals surface area contributed by atoms with Crippen LogP contribution in [0, 0.1) is 51.9 Å². The number of fused-ring (bicyclic) bond motifs is 7. The third-order valence-corrected chi connectivity index (χ3v) is 12.3. The standard InChI is InChI=1S/C32H44F2N2O4/c1-27(2)14-18-17(19(15-27)36-26(39)32(7,33)34)9-11-30(5)24(18)21(37)13-23-28(3)16-20(35-8)25(38)31(6,40)22(28)10-12-29(23,30)4/h13,17-19,22,24,38,40H,9-12,14-16H2,1-7H3,(H,36,39)/t17?,18-,19-,22-,24+,28+,29-,30-,31+/m1/s1. The number of aliphatic hydroxyl groups is 2. The van der Waals surface area contributed by atoms with Crippen molar-refractivity contribution in [3.8, 4) is 0 Å². The van der Waals surface area contributed by atoms with Crippen molar-refractivity contribution in [1.82, 2.24) is 5.32 Å². The smallest absolute Gasteiger partial charge is 0.321 e. The predicted octanol–water partition coefficient (Wildman–Crippen LogP) is 6.37.